The van der Waals surface area contributed by atoms with Crippen molar-refractivity contribution in [3.05, 3.63) is 0 Å². The van der Waals surface area contributed by atoms with Crippen molar-refractivity contribution in [3.8, 4) is 0 Å². The van der Waals surface area contributed by atoms with Crippen molar-refractivity contribution in [2.45, 2.75) is 25.8 Å². The van der Waals surface area contributed by atoms with Crippen LogP contribution in [-0.2, 0) is 14.3 Å². The Bertz CT molecular complexity index is 247. The van der Waals surface area contributed by atoms with Crippen molar-refractivity contribution in [2.75, 3.05) is 20.2 Å². The topological polar surface area (TPSA) is 72.6 Å². The van der Waals surface area contributed by atoms with E-state index in [2.05, 4.69) is 4.74 Å². The molecule has 1 amide bonds. The number of esters is 1. The van der Waals surface area contributed by atoms with Crippen molar-refractivity contribution in [3.63, 3.8) is 0 Å². The van der Waals surface area contributed by atoms with Gasteiger partial charge in [0.05, 0.1) is 7.11 Å². The van der Waals surface area contributed by atoms with Crippen LogP contribution in [0.4, 0.5) is 0 Å². The molecule has 0 aromatic heterocycles. The van der Waals surface area contributed by atoms with Crippen molar-refractivity contribution in [1.29, 1.82) is 0 Å². The number of amides is 1. The molecule has 2 N–H and O–H groups in total. The molecule has 1 rings (SSSR count). The molecule has 1 aliphatic rings. The van der Waals surface area contributed by atoms with E-state index in [9.17, 15) is 9.59 Å². The number of carbonyl (C=O) groups is 2. The SMILES string of the molecule is COC(=O)C(C)N1CCC(C(N)=O)CC1. The highest BCUT2D eigenvalue weighted by molar-refractivity contribution is 5.77. The molecule has 1 atom stereocenters. The molecular weight excluding hydrogens is 196 g/mol. The Kier molecular flexibility index (Phi) is 4.08. The minimum atomic E-state index is -0.236. The van der Waals surface area contributed by atoms with E-state index in [1.54, 1.807) is 0 Å². The van der Waals surface area contributed by atoms with Gasteiger partial charge in [0, 0.05) is 5.92 Å². The zero-order valence-corrected chi connectivity index (χ0v) is 9.23. The summed E-state index contributed by atoms with van der Waals surface area (Å²) in [4.78, 5) is 24.2. The summed E-state index contributed by atoms with van der Waals surface area (Å²) in [6.07, 6.45) is 1.47. The van der Waals surface area contributed by atoms with E-state index >= 15 is 0 Å². The second-order valence-corrected chi connectivity index (χ2v) is 3.91. The van der Waals surface area contributed by atoms with Gasteiger partial charge in [-0.2, -0.15) is 0 Å². The largest absolute Gasteiger partial charge is 0.468 e. The molecule has 1 heterocycles. The molecule has 0 spiro atoms. The molecule has 15 heavy (non-hydrogen) atoms. The van der Waals surface area contributed by atoms with Gasteiger partial charge in [0.25, 0.3) is 0 Å². The van der Waals surface area contributed by atoms with Gasteiger partial charge in [0.2, 0.25) is 5.91 Å². The number of hydrogen-bond acceptors (Lipinski definition) is 4. The summed E-state index contributed by atoms with van der Waals surface area (Å²) in [6, 6.07) is -0.233. The molecule has 86 valence electrons. The Hall–Kier alpha value is -1.10. The predicted molar refractivity (Wildman–Crippen MR) is 55.0 cm³/mol. The number of piperidine rings is 1. The minimum Gasteiger partial charge on any atom is -0.468 e. The lowest BCUT2D eigenvalue weighted by atomic mass is 9.95. The van der Waals surface area contributed by atoms with Crippen LogP contribution in [0.1, 0.15) is 19.8 Å². The maximum absolute atomic E-state index is 11.3. The highest BCUT2D eigenvalue weighted by Gasteiger charge is 2.28. The number of methoxy groups -OCH3 is 1. The summed E-state index contributed by atoms with van der Waals surface area (Å²) in [7, 11) is 1.38. The van der Waals surface area contributed by atoms with E-state index in [1.807, 2.05) is 11.8 Å². The fourth-order valence-corrected chi connectivity index (χ4v) is 1.89. The highest BCUT2D eigenvalue weighted by atomic mass is 16.5. The van der Waals surface area contributed by atoms with E-state index in [-0.39, 0.29) is 23.8 Å². The van der Waals surface area contributed by atoms with Gasteiger partial charge in [0.15, 0.2) is 0 Å². The first kappa shape index (κ1) is 12.0. The Labute approximate surface area is 89.6 Å². The lowest BCUT2D eigenvalue weighted by molar-refractivity contribution is -0.146. The fraction of sp³-hybridized carbons (Fsp3) is 0.800. The molecular formula is C10H18N2O3. The molecule has 0 bridgehead atoms. The van der Waals surface area contributed by atoms with Gasteiger partial charge in [-0.05, 0) is 32.9 Å². The van der Waals surface area contributed by atoms with Crippen LogP contribution < -0.4 is 5.73 Å². The normalized spacial score (nSPS) is 20.9. The second kappa shape index (κ2) is 5.11. The highest BCUT2D eigenvalue weighted by Crippen LogP contribution is 2.18. The van der Waals surface area contributed by atoms with E-state index in [0.29, 0.717) is 0 Å². The van der Waals surface area contributed by atoms with E-state index in [0.717, 1.165) is 25.9 Å². The Balaban J connectivity index is 2.43. The van der Waals surface area contributed by atoms with Gasteiger partial charge in [-0.3, -0.25) is 14.5 Å². The second-order valence-electron chi connectivity index (χ2n) is 3.91. The van der Waals surface area contributed by atoms with Crippen molar-refractivity contribution in [1.82, 2.24) is 4.90 Å². The molecule has 5 nitrogen and oxygen atoms in total. The van der Waals surface area contributed by atoms with Gasteiger partial charge >= 0.3 is 5.97 Å². The summed E-state index contributed by atoms with van der Waals surface area (Å²) in [5, 5.41) is 0. The zero-order chi connectivity index (χ0) is 11.4. The molecule has 5 heteroatoms. The number of carbonyl (C=O) groups excluding carboxylic acids is 2. The Morgan fingerprint density at radius 3 is 2.33 bits per heavy atom. The number of rotatable bonds is 3. The molecule has 0 aliphatic carbocycles. The maximum atomic E-state index is 11.3. The van der Waals surface area contributed by atoms with E-state index < -0.39 is 0 Å². The number of nitrogens with zero attached hydrogens (tertiary/aromatic N) is 1. The van der Waals surface area contributed by atoms with Crippen LogP contribution in [0, 0.1) is 5.92 Å². The van der Waals surface area contributed by atoms with Crippen LogP contribution in [0.3, 0.4) is 0 Å². The first-order valence-corrected chi connectivity index (χ1v) is 5.17. The molecule has 1 unspecified atom stereocenters. The number of hydrogen-bond donors (Lipinski definition) is 1. The van der Waals surface area contributed by atoms with Crippen LogP contribution in [0.2, 0.25) is 0 Å². The third-order valence-electron chi connectivity index (χ3n) is 3.02. The van der Waals surface area contributed by atoms with Gasteiger partial charge < -0.3 is 10.5 Å². The molecule has 1 aliphatic heterocycles. The standard InChI is InChI=1S/C10H18N2O3/c1-7(10(14)15-2)12-5-3-8(4-6-12)9(11)13/h7-8H,3-6H2,1-2H3,(H2,11,13). The molecule has 1 saturated heterocycles. The van der Waals surface area contributed by atoms with Gasteiger partial charge in [0.1, 0.15) is 6.04 Å². The lowest BCUT2D eigenvalue weighted by Gasteiger charge is -2.33. The molecule has 0 aromatic rings. The third-order valence-corrected chi connectivity index (χ3v) is 3.02. The Morgan fingerprint density at radius 1 is 1.40 bits per heavy atom. The number of ether oxygens (including phenoxy) is 1. The average Bonchev–Trinajstić information content (AvgIpc) is 2.27. The maximum Gasteiger partial charge on any atom is 0.322 e. The summed E-state index contributed by atoms with van der Waals surface area (Å²) >= 11 is 0. The lowest BCUT2D eigenvalue weighted by Crippen LogP contribution is -2.46. The average molecular weight is 214 g/mol. The number of nitrogens with two attached hydrogens (primary N) is 1. The van der Waals surface area contributed by atoms with Crippen molar-refractivity contribution < 1.29 is 14.3 Å². The molecule has 0 aromatic carbocycles. The summed E-state index contributed by atoms with van der Waals surface area (Å²) in [6.45, 7) is 3.27. The van der Waals surface area contributed by atoms with Crippen LogP contribution in [0.5, 0.6) is 0 Å². The van der Waals surface area contributed by atoms with Crippen LogP contribution in [-0.4, -0.2) is 43.0 Å². The third kappa shape index (κ3) is 2.92. The molecule has 1 fully saturated rings. The first-order chi connectivity index (χ1) is 7.06. The quantitative estimate of drug-likeness (QED) is 0.657. The van der Waals surface area contributed by atoms with Crippen molar-refractivity contribution >= 4 is 11.9 Å². The van der Waals surface area contributed by atoms with E-state index in [4.69, 9.17) is 5.73 Å². The van der Waals surface area contributed by atoms with Crippen molar-refractivity contribution in [2.24, 2.45) is 11.7 Å². The first-order valence-electron chi connectivity index (χ1n) is 5.17. The number of primary amides is 1. The number of likely N-dealkylation sites (tertiary alicyclic amines) is 1. The smallest absolute Gasteiger partial charge is 0.322 e. The molecule has 0 saturated carbocycles. The predicted octanol–water partition coefficient (Wildman–Crippen LogP) is -0.255. The van der Waals surface area contributed by atoms with Crippen LogP contribution in [0.15, 0.2) is 0 Å². The zero-order valence-electron chi connectivity index (χ0n) is 9.23. The summed E-state index contributed by atoms with van der Waals surface area (Å²) < 4.78 is 4.67. The van der Waals surface area contributed by atoms with Gasteiger partial charge in [-0.25, -0.2) is 0 Å². The fourth-order valence-electron chi connectivity index (χ4n) is 1.89. The monoisotopic (exact) mass is 214 g/mol. The van der Waals surface area contributed by atoms with Crippen LogP contribution in [0.25, 0.3) is 0 Å². The van der Waals surface area contributed by atoms with Crippen LogP contribution >= 0.6 is 0 Å². The summed E-state index contributed by atoms with van der Waals surface area (Å²) in [5.74, 6) is -0.501. The molecule has 0 radical (unpaired) electrons. The Morgan fingerprint density at radius 2 is 1.93 bits per heavy atom. The van der Waals surface area contributed by atoms with E-state index in [1.165, 1.54) is 7.11 Å². The van der Waals surface area contributed by atoms with Gasteiger partial charge in [-0.1, -0.05) is 0 Å². The minimum absolute atomic E-state index is 0.0360. The van der Waals surface area contributed by atoms with Gasteiger partial charge in [-0.15, -0.1) is 0 Å². The summed E-state index contributed by atoms with van der Waals surface area (Å²) in [5.41, 5.74) is 5.23.